The van der Waals surface area contributed by atoms with Gasteiger partial charge in [-0.25, -0.2) is 4.39 Å². The fourth-order valence-corrected chi connectivity index (χ4v) is 1.57. The molecule has 1 heterocycles. The van der Waals surface area contributed by atoms with E-state index in [0.717, 1.165) is 5.56 Å². The first-order valence-electron chi connectivity index (χ1n) is 4.94. The molecule has 0 spiro atoms. The molecule has 2 aromatic rings. The molecule has 2 N–H and O–H groups in total. The van der Waals surface area contributed by atoms with Gasteiger partial charge in [-0.3, -0.25) is 0 Å². The van der Waals surface area contributed by atoms with Crippen molar-refractivity contribution in [3.05, 3.63) is 41.5 Å². The number of aromatic amines is 1. The smallest absolute Gasteiger partial charge is 0.183 e. The van der Waals surface area contributed by atoms with Gasteiger partial charge in [0.15, 0.2) is 5.82 Å². The van der Waals surface area contributed by atoms with Gasteiger partial charge >= 0.3 is 0 Å². The summed E-state index contributed by atoms with van der Waals surface area (Å²) in [4.78, 5) is 0. The molecule has 0 saturated heterocycles. The van der Waals surface area contributed by atoms with E-state index >= 15 is 0 Å². The molecule has 0 aliphatic carbocycles. The van der Waals surface area contributed by atoms with Crippen molar-refractivity contribution in [2.75, 3.05) is 13.6 Å². The van der Waals surface area contributed by atoms with Gasteiger partial charge in [-0.1, -0.05) is 17.3 Å². The summed E-state index contributed by atoms with van der Waals surface area (Å²) >= 11 is 0. The van der Waals surface area contributed by atoms with Gasteiger partial charge in [-0.15, -0.1) is 10.2 Å². The van der Waals surface area contributed by atoms with Gasteiger partial charge in [0.25, 0.3) is 0 Å². The molecule has 1 atom stereocenters. The monoisotopic (exact) mass is 221 g/mol. The zero-order valence-corrected chi connectivity index (χ0v) is 8.81. The minimum absolute atomic E-state index is 0.0238. The Hall–Kier alpha value is -1.82. The van der Waals surface area contributed by atoms with Gasteiger partial charge in [0.1, 0.15) is 5.82 Å². The van der Waals surface area contributed by atoms with Crippen molar-refractivity contribution in [2.24, 2.45) is 0 Å². The summed E-state index contributed by atoms with van der Waals surface area (Å²) in [6, 6.07) is 6.32. The first-order chi connectivity index (χ1) is 7.81. The average molecular weight is 221 g/mol. The van der Waals surface area contributed by atoms with Crippen LogP contribution in [0.3, 0.4) is 0 Å². The largest absolute Gasteiger partial charge is 0.319 e. The number of nitrogens with one attached hydrogen (secondary N) is 2. The number of H-pyrrole nitrogens is 1. The molecule has 0 aliphatic rings. The minimum atomic E-state index is -0.250. The van der Waals surface area contributed by atoms with Crippen molar-refractivity contribution in [1.29, 1.82) is 0 Å². The third kappa shape index (κ3) is 2.22. The molecule has 84 valence electrons. The van der Waals surface area contributed by atoms with E-state index in [9.17, 15) is 4.39 Å². The zero-order valence-electron chi connectivity index (χ0n) is 8.81. The lowest BCUT2D eigenvalue weighted by atomic mass is 9.98. The van der Waals surface area contributed by atoms with Crippen LogP contribution in [0.15, 0.2) is 24.3 Å². The van der Waals surface area contributed by atoms with Crippen LogP contribution in [0, 0.1) is 5.82 Å². The molecular formula is C10H12FN5. The highest BCUT2D eigenvalue weighted by Crippen LogP contribution is 2.20. The lowest BCUT2D eigenvalue weighted by Crippen LogP contribution is -2.19. The van der Waals surface area contributed by atoms with Crippen molar-refractivity contribution in [1.82, 2.24) is 25.9 Å². The summed E-state index contributed by atoms with van der Waals surface area (Å²) in [6.45, 7) is 0.672. The van der Waals surface area contributed by atoms with E-state index in [1.807, 2.05) is 7.05 Å². The molecule has 0 saturated carbocycles. The Bertz CT molecular complexity index is 425. The number of nitrogens with zero attached hydrogens (tertiary/aromatic N) is 3. The molecule has 16 heavy (non-hydrogen) atoms. The van der Waals surface area contributed by atoms with Crippen LogP contribution in [-0.4, -0.2) is 34.2 Å². The summed E-state index contributed by atoms with van der Waals surface area (Å²) in [5, 5.41) is 16.9. The lowest BCUT2D eigenvalue weighted by Gasteiger charge is -2.12. The number of benzene rings is 1. The summed E-state index contributed by atoms with van der Waals surface area (Å²) < 4.78 is 12.8. The maximum Gasteiger partial charge on any atom is 0.183 e. The molecule has 1 unspecified atom stereocenters. The second-order valence-corrected chi connectivity index (χ2v) is 3.43. The number of hydrogen-bond acceptors (Lipinski definition) is 4. The van der Waals surface area contributed by atoms with Crippen molar-refractivity contribution in [3.63, 3.8) is 0 Å². The predicted octanol–water partition coefficient (Wildman–Crippen LogP) is 0.690. The quantitative estimate of drug-likeness (QED) is 0.797. The number of aromatic nitrogens is 4. The van der Waals surface area contributed by atoms with Gasteiger partial charge in [-0.2, -0.15) is 5.21 Å². The van der Waals surface area contributed by atoms with Gasteiger partial charge in [0.05, 0.1) is 5.92 Å². The van der Waals surface area contributed by atoms with Crippen LogP contribution in [0.2, 0.25) is 0 Å². The highest BCUT2D eigenvalue weighted by Gasteiger charge is 2.17. The third-order valence-corrected chi connectivity index (χ3v) is 2.35. The molecule has 5 nitrogen and oxygen atoms in total. The summed E-state index contributed by atoms with van der Waals surface area (Å²) in [7, 11) is 1.84. The van der Waals surface area contributed by atoms with Crippen LogP contribution < -0.4 is 5.32 Å². The highest BCUT2D eigenvalue weighted by molar-refractivity contribution is 5.25. The number of hydrogen-bond donors (Lipinski definition) is 2. The van der Waals surface area contributed by atoms with Crippen LogP contribution in [0.1, 0.15) is 17.3 Å². The number of likely N-dealkylation sites (N-methyl/N-ethyl adjacent to an activating group) is 1. The van der Waals surface area contributed by atoms with E-state index in [0.29, 0.717) is 12.4 Å². The Morgan fingerprint density at radius 2 is 2.12 bits per heavy atom. The minimum Gasteiger partial charge on any atom is -0.319 e. The lowest BCUT2D eigenvalue weighted by molar-refractivity contribution is 0.623. The first-order valence-corrected chi connectivity index (χ1v) is 4.94. The Morgan fingerprint density at radius 1 is 1.38 bits per heavy atom. The number of tetrazole rings is 1. The summed E-state index contributed by atoms with van der Waals surface area (Å²) in [5.74, 6) is 0.324. The van der Waals surface area contributed by atoms with Crippen LogP contribution in [-0.2, 0) is 0 Å². The molecule has 2 rings (SSSR count). The molecule has 1 aromatic carbocycles. The molecular weight excluding hydrogens is 209 g/mol. The third-order valence-electron chi connectivity index (χ3n) is 2.35. The van der Waals surface area contributed by atoms with Crippen molar-refractivity contribution in [3.8, 4) is 0 Å². The molecule has 0 radical (unpaired) electrons. The zero-order chi connectivity index (χ0) is 11.4. The fraction of sp³-hybridized carbons (Fsp3) is 0.300. The van der Waals surface area contributed by atoms with E-state index < -0.39 is 0 Å². The Balaban J connectivity index is 2.29. The average Bonchev–Trinajstić information content (AvgIpc) is 2.81. The van der Waals surface area contributed by atoms with E-state index in [4.69, 9.17) is 0 Å². The fourth-order valence-electron chi connectivity index (χ4n) is 1.57. The number of rotatable bonds is 4. The molecule has 0 fully saturated rings. The van der Waals surface area contributed by atoms with Crippen LogP contribution in [0.4, 0.5) is 4.39 Å². The second kappa shape index (κ2) is 4.80. The molecule has 6 heteroatoms. The van der Waals surface area contributed by atoms with Crippen molar-refractivity contribution >= 4 is 0 Å². The Labute approximate surface area is 92.1 Å². The summed E-state index contributed by atoms with van der Waals surface area (Å²) in [6.07, 6.45) is 0. The topological polar surface area (TPSA) is 66.5 Å². The maximum atomic E-state index is 12.8. The van der Waals surface area contributed by atoms with Crippen LogP contribution in [0.5, 0.6) is 0 Å². The van der Waals surface area contributed by atoms with E-state index in [2.05, 4.69) is 25.9 Å². The normalized spacial score (nSPS) is 12.6. The second-order valence-electron chi connectivity index (χ2n) is 3.43. The van der Waals surface area contributed by atoms with E-state index in [1.54, 1.807) is 12.1 Å². The predicted molar refractivity (Wildman–Crippen MR) is 56.3 cm³/mol. The van der Waals surface area contributed by atoms with Crippen molar-refractivity contribution < 1.29 is 4.39 Å². The first kappa shape index (κ1) is 10.7. The molecule has 1 aromatic heterocycles. The molecule has 0 aliphatic heterocycles. The van der Waals surface area contributed by atoms with Crippen molar-refractivity contribution in [2.45, 2.75) is 5.92 Å². The molecule has 0 amide bonds. The van der Waals surface area contributed by atoms with Gasteiger partial charge in [-0.05, 0) is 24.7 Å². The Morgan fingerprint density at radius 3 is 2.69 bits per heavy atom. The molecule has 0 bridgehead atoms. The van der Waals surface area contributed by atoms with Gasteiger partial charge in [0, 0.05) is 6.54 Å². The van der Waals surface area contributed by atoms with Crippen LogP contribution >= 0.6 is 0 Å². The SMILES string of the molecule is CNCC(c1ccc(F)cc1)c1nn[nH]n1. The van der Waals surface area contributed by atoms with Gasteiger partial charge < -0.3 is 5.32 Å². The van der Waals surface area contributed by atoms with Crippen LogP contribution in [0.25, 0.3) is 0 Å². The highest BCUT2D eigenvalue weighted by atomic mass is 19.1. The van der Waals surface area contributed by atoms with E-state index in [1.165, 1.54) is 12.1 Å². The van der Waals surface area contributed by atoms with E-state index in [-0.39, 0.29) is 11.7 Å². The Kier molecular flexibility index (Phi) is 3.21. The van der Waals surface area contributed by atoms with Gasteiger partial charge in [0.2, 0.25) is 0 Å². The summed E-state index contributed by atoms with van der Waals surface area (Å²) in [5.41, 5.74) is 0.956. The number of halogens is 1. The standard InChI is InChI=1S/C10H12FN5/c1-12-6-9(10-13-15-16-14-10)7-2-4-8(11)5-3-7/h2-5,9,12H,6H2,1H3,(H,13,14,15,16). The maximum absolute atomic E-state index is 12.8.